The van der Waals surface area contributed by atoms with E-state index in [1.807, 2.05) is 0 Å². The molecular formula is C20H23FN2O6S2. The number of amides is 1. The van der Waals surface area contributed by atoms with Gasteiger partial charge in [0.05, 0.1) is 9.64 Å². The van der Waals surface area contributed by atoms with Crippen LogP contribution in [0.15, 0.2) is 53.4 Å². The van der Waals surface area contributed by atoms with Crippen LogP contribution in [0.2, 0.25) is 0 Å². The van der Waals surface area contributed by atoms with Gasteiger partial charge in [0.15, 0.2) is 0 Å². The summed E-state index contributed by atoms with van der Waals surface area (Å²) in [6, 6.07) is 10.1. The molecule has 0 radical (unpaired) electrons. The maximum Gasteiger partial charge on any atom is 0.263 e. The Labute approximate surface area is 182 Å². The van der Waals surface area contributed by atoms with Crippen molar-refractivity contribution in [3.8, 4) is 5.75 Å². The molecule has 0 bridgehead atoms. The number of halogens is 1. The molecule has 2 aromatic rings. The SMILES string of the molecule is CC1(C)[C@H](C(=O)NO)N(S(=O)(=O)c2ccc(OCc3ccc(F)cc3)cc2)CCS1=O. The molecule has 0 aliphatic carbocycles. The summed E-state index contributed by atoms with van der Waals surface area (Å²) in [4.78, 5) is 12.2. The molecule has 2 N–H and O–H groups in total. The van der Waals surface area contributed by atoms with E-state index in [1.54, 1.807) is 12.1 Å². The minimum absolute atomic E-state index is 0.0687. The molecule has 31 heavy (non-hydrogen) atoms. The van der Waals surface area contributed by atoms with Crippen LogP contribution in [0.1, 0.15) is 19.4 Å². The molecule has 1 aliphatic heterocycles. The van der Waals surface area contributed by atoms with Crippen molar-refractivity contribution in [2.75, 3.05) is 12.3 Å². The van der Waals surface area contributed by atoms with Crippen LogP contribution >= 0.6 is 0 Å². The van der Waals surface area contributed by atoms with E-state index < -0.39 is 37.5 Å². The number of nitrogens with zero attached hydrogens (tertiary/aromatic N) is 1. The highest BCUT2D eigenvalue weighted by atomic mass is 32.2. The number of hydrogen-bond donors (Lipinski definition) is 2. The van der Waals surface area contributed by atoms with Crippen molar-refractivity contribution in [1.29, 1.82) is 0 Å². The van der Waals surface area contributed by atoms with Crippen molar-refractivity contribution >= 4 is 26.7 Å². The molecular weight excluding hydrogens is 447 g/mol. The number of benzene rings is 2. The summed E-state index contributed by atoms with van der Waals surface area (Å²) in [5.74, 6) is -0.814. The van der Waals surface area contributed by atoms with Crippen LogP contribution < -0.4 is 10.2 Å². The maximum atomic E-state index is 13.2. The van der Waals surface area contributed by atoms with E-state index in [9.17, 15) is 21.8 Å². The zero-order chi connectivity index (χ0) is 22.8. The summed E-state index contributed by atoms with van der Waals surface area (Å²) in [6.07, 6.45) is 0. The minimum Gasteiger partial charge on any atom is -0.489 e. The zero-order valence-electron chi connectivity index (χ0n) is 16.9. The van der Waals surface area contributed by atoms with Gasteiger partial charge in [-0.15, -0.1) is 0 Å². The van der Waals surface area contributed by atoms with Crippen molar-refractivity contribution in [3.63, 3.8) is 0 Å². The maximum absolute atomic E-state index is 13.2. The van der Waals surface area contributed by atoms with E-state index >= 15 is 0 Å². The molecule has 11 heteroatoms. The topological polar surface area (TPSA) is 113 Å². The predicted octanol–water partition coefficient (Wildman–Crippen LogP) is 1.81. The van der Waals surface area contributed by atoms with Crippen LogP contribution in [0, 0.1) is 5.82 Å². The molecule has 1 heterocycles. The van der Waals surface area contributed by atoms with Crippen LogP contribution in [-0.4, -0.2) is 51.1 Å². The fraction of sp³-hybridized carbons (Fsp3) is 0.350. The van der Waals surface area contributed by atoms with Gasteiger partial charge in [0.2, 0.25) is 10.0 Å². The second-order valence-electron chi connectivity index (χ2n) is 7.53. The Morgan fingerprint density at radius 3 is 2.42 bits per heavy atom. The summed E-state index contributed by atoms with van der Waals surface area (Å²) in [6.45, 7) is 3.10. The fourth-order valence-electron chi connectivity index (χ4n) is 3.39. The van der Waals surface area contributed by atoms with Crippen LogP contribution in [-0.2, 0) is 32.2 Å². The molecule has 1 amide bonds. The van der Waals surface area contributed by atoms with Gasteiger partial charge in [-0.25, -0.2) is 18.3 Å². The second-order valence-corrected chi connectivity index (χ2v) is 11.6. The number of carbonyl (C=O) groups excluding carboxylic acids is 1. The average molecular weight is 471 g/mol. The predicted molar refractivity (Wildman–Crippen MR) is 112 cm³/mol. The molecule has 168 valence electrons. The van der Waals surface area contributed by atoms with Crippen LogP contribution in [0.3, 0.4) is 0 Å². The van der Waals surface area contributed by atoms with E-state index in [1.165, 1.54) is 55.7 Å². The van der Waals surface area contributed by atoms with Gasteiger partial charge in [-0.05, 0) is 55.8 Å². The normalized spacial score (nSPS) is 21.4. The van der Waals surface area contributed by atoms with Crippen LogP contribution in [0.5, 0.6) is 5.75 Å². The average Bonchev–Trinajstić information content (AvgIpc) is 2.74. The first-order valence-corrected chi connectivity index (χ1v) is 12.1. The van der Waals surface area contributed by atoms with E-state index in [0.717, 1.165) is 9.87 Å². The van der Waals surface area contributed by atoms with Crippen LogP contribution in [0.4, 0.5) is 4.39 Å². The molecule has 0 saturated carbocycles. The second kappa shape index (κ2) is 9.03. The number of ether oxygens (including phenoxy) is 1. The molecule has 2 atom stereocenters. The largest absolute Gasteiger partial charge is 0.489 e. The van der Waals surface area contributed by atoms with Gasteiger partial charge in [0.1, 0.15) is 24.2 Å². The van der Waals surface area contributed by atoms with E-state index in [2.05, 4.69) is 0 Å². The summed E-state index contributed by atoms with van der Waals surface area (Å²) >= 11 is 0. The highest BCUT2D eigenvalue weighted by Gasteiger charge is 2.51. The minimum atomic E-state index is -4.12. The highest BCUT2D eigenvalue weighted by molar-refractivity contribution is 7.90. The van der Waals surface area contributed by atoms with Crippen molar-refractivity contribution < 1.29 is 31.8 Å². The van der Waals surface area contributed by atoms with Crippen molar-refractivity contribution in [2.45, 2.75) is 36.1 Å². The van der Waals surface area contributed by atoms with Crippen LogP contribution in [0.25, 0.3) is 0 Å². The Bertz CT molecular complexity index is 1070. The van der Waals surface area contributed by atoms with Crippen molar-refractivity contribution in [3.05, 3.63) is 59.9 Å². The van der Waals surface area contributed by atoms with E-state index in [4.69, 9.17) is 9.94 Å². The first kappa shape index (κ1) is 23.3. The highest BCUT2D eigenvalue weighted by Crippen LogP contribution is 2.32. The Balaban J connectivity index is 1.81. The molecule has 0 aromatic heterocycles. The first-order chi connectivity index (χ1) is 14.6. The molecule has 1 saturated heterocycles. The Kier molecular flexibility index (Phi) is 6.79. The Morgan fingerprint density at radius 2 is 1.84 bits per heavy atom. The lowest BCUT2D eigenvalue weighted by Crippen LogP contribution is -2.64. The lowest BCUT2D eigenvalue weighted by molar-refractivity contribution is -0.134. The molecule has 1 aliphatic rings. The van der Waals surface area contributed by atoms with Crippen molar-refractivity contribution in [1.82, 2.24) is 9.79 Å². The van der Waals surface area contributed by atoms with Gasteiger partial charge >= 0.3 is 0 Å². The number of hydrogen-bond acceptors (Lipinski definition) is 6. The van der Waals surface area contributed by atoms with Gasteiger partial charge in [0, 0.05) is 23.1 Å². The monoisotopic (exact) mass is 470 g/mol. The molecule has 1 unspecified atom stereocenters. The molecule has 8 nitrogen and oxygen atoms in total. The van der Waals surface area contributed by atoms with Gasteiger partial charge in [-0.1, -0.05) is 12.1 Å². The lowest BCUT2D eigenvalue weighted by atomic mass is 10.0. The summed E-state index contributed by atoms with van der Waals surface area (Å²) in [7, 11) is -5.58. The third-order valence-electron chi connectivity index (χ3n) is 5.14. The fourth-order valence-corrected chi connectivity index (χ4v) is 6.67. The third kappa shape index (κ3) is 4.79. The smallest absolute Gasteiger partial charge is 0.263 e. The molecule has 0 spiro atoms. The summed E-state index contributed by atoms with van der Waals surface area (Å²) in [5, 5.41) is 9.11. The number of carbonyl (C=O) groups is 1. The Hall–Kier alpha value is -2.34. The van der Waals surface area contributed by atoms with Gasteiger partial charge in [-0.2, -0.15) is 4.31 Å². The quantitative estimate of drug-likeness (QED) is 0.492. The molecule has 3 rings (SSSR count). The summed E-state index contributed by atoms with van der Waals surface area (Å²) in [5.41, 5.74) is 2.24. The number of rotatable bonds is 6. The summed E-state index contributed by atoms with van der Waals surface area (Å²) < 4.78 is 57.2. The number of hydroxylamine groups is 1. The molecule has 1 fully saturated rings. The zero-order valence-corrected chi connectivity index (χ0v) is 18.6. The van der Waals surface area contributed by atoms with Gasteiger partial charge in [0.25, 0.3) is 5.91 Å². The third-order valence-corrected chi connectivity index (χ3v) is 8.97. The first-order valence-electron chi connectivity index (χ1n) is 9.39. The standard InChI is InChI=1S/C20H23FN2O6S2/c1-20(2)18(19(24)22-25)23(11-12-30(20)26)31(27,28)17-9-7-16(8-10-17)29-13-14-3-5-15(21)6-4-14/h3-10,18,25H,11-13H2,1-2H3,(H,22,24)/t18-,30?/m0/s1. The Morgan fingerprint density at radius 1 is 1.23 bits per heavy atom. The van der Waals surface area contributed by atoms with Crippen molar-refractivity contribution in [2.24, 2.45) is 0 Å². The van der Waals surface area contributed by atoms with Gasteiger partial charge in [-0.3, -0.25) is 14.2 Å². The van der Waals surface area contributed by atoms with E-state index in [0.29, 0.717) is 5.75 Å². The lowest BCUT2D eigenvalue weighted by Gasteiger charge is -2.42. The number of nitrogens with one attached hydrogen (secondary N) is 1. The van der Waals surface area contributed by atoms with E-state index in [-0.39, 0.29) is 29.6 Å². The number of sulfonamides is 1. The van der Waals surface area contributed by atoms with Gasteiger partial charge < -0.3 is 4.74 Å². The molecule has 2 aromatic carbocycles.